The maximum Gasteiger partial charge on any atom is 0.335 e. The molecular weight excluding hydrogens is 326 g/mol. The number of nitrogens with one attached hydrogen (secondary N) is 1. The number of halogens is 1. The molecule has 1 aromatic carbocycles. The smallest absolute Gasteiger partial charge is 0.335 e. The number of benzene rings is 1. The van der Waals surface area contributed by atoms with E-state index in [2.05, 4.69) is 21.2 Å². The molecule has 6 heteroatoms. The summed E-state index contributed by atoms with van der Waals surface area (Å²) in [6, 6.07) is 6.13. The van der Waals surface area contributed by atoms with E-state index in [0.29, 0.717) is 27.2 Å². The second-order valence-corrected chi connectivity index (χ2v) is 5.23. The molecule has 0 saturated carbocycles. The van der Waals surface area contributed by atoms with Crippen LogP contribution in [0.2, 0.25) is 0 Å². The van der Waals surface area contributed by atoms with Crippen molar-refractivity contribution < 1.29 is 19.1 Å². The van der Waals surface area contributed by atoms with Crippen LogP contribution in [-0.2, 0) is 0 Å². The molecule has 1 aromatic heterocycles. The van der Waals surface area contributed by atoms with Gasteiger partial charge in [0.25, 0.3) is 5.91 Å². The van der Waals surface area contributed by atoms with Gasteiger partial charge in [-0.15, -0.1) is 0 Å². The monoisotopic (exact) mass is 337 g/mol. The molecule has 0 radical (unpaired) electrons. The van der Waals surface area contributed by atoms with E-state index in [1.807, 2.05) is 0 Å². The van der Waals surface area contributed by atoms with Gasteiger partial charge in [-0.1, -0.05) is 15.9 Å². The van der Waals surface area contributed by atoms with Crippen LogP contribution < -0.4 is 5.32 Å². The highest BCUT2D eigenvalue weighted by atomic mass is 79.9. The standard InChI is InChI=1S/C14H12BrNO4/c1-7-3-12(8(2)20-7)13(17)16-11-5-9(14(18)19)4-10(15)6-11/h3-6H,1-2H3,(H,16,17)(H,18,19). The van der Waals surface area contributed by atoms with Gasteiger partial charge < -0.3 is 14.8 Å². The van der Waals surface area contributed by atoms with Gasteiger partial charge in [0.1, 0.15) is 11.5 Å². The first kappa shape index (κ1) is 14.3. The van der Waals surface area contributed by atoms with Gasteiger partial charge in [0, 0.05) is 10.2 Å². The fraction of sp³-hybridized carbons (Fsp3) is 0.143. The van der Waals surface area contributed by atoms with Gasteiger partial charge in [-0.3, -0.25) is 4.79 Å². The van der Waals surface area contributed by atoms with E-state index in [1.54, 1.807) is 26.0 Å². The topological polar surface area (TPSA) is 79.5 Å². The van der Waals surface area contributed by atoms with Gasteiger partial charge in [-0.05, 0) is 38.1 Å². The first-order valence-electron chi connectivity index (χ1n) is 5.79. The number of carboxylic acids is 1. The quantitative estimate of drug-likeness (QED) is 0.896. The van der Waals surface area contributed by atoms with E-state index in [9.17, 15) is 9.59 Å². The molecule has 5 nitrogen and oxygen atoms in total. The maximum atomic E-state index is 12.1. The maximum absolute atomic E-state index is 12.1. The van der Waals surface area contributed by atoms with Crippen LogP contribution in [0.25, 0.3) is 0 Å². The zero-order chi connectivity index (χ0) is 14.9. The molecule has 0 bridgehead atoms. The van der Waals surface area contributed by atoms with E-state index in [1.165, 1.54) is 12.1 Å². The van der Waals surface area contributed by atoms with E-state index in [-0.39, 0.29) is 11.5 Å². The van der Waals surface area contributed by atoms with Gasteiger partial charge in [0.15, 0.2) is 0 Å². The number of hydrogen-bond acceptors (Lipinski definition) is 3. The van der Waals surface area contributed by atoms with Crippen molar-refractivity contribution in [3.63, 3.8) is 0 Å². The van der Waals surface area contributed by atoms with Crippen molar-refractivity contribution in [3.05, 3.63) is 51.4 Å². The highest BCUT2D eigenvalue weighted by molar-refractivity contribution is 9.10. The predicted octanol–water partition coefficient (Wildman–Crippen LogP) is 3.61. The van der Waals surface area contributed by atoms with Crippen molar-refractivity contribution in [1.29, 1.82) is 0 Å². The molecule has 0 spiro atoms. The third kappa shape index (κ3) is 3.08. The molecule has 0 aliphatic rings. The van der Waals surface area contributed by atoms with Gasteiger partial charge in [0.2, 0.25) is 0 Å². The van der Waals surface area contributed by atoms with Gasteiger partial charge >= 0.3 is 5.97 Å². The molecule has 0 fully saturated rings. The van der Waals surface area contributed by atoms with E-state index in [4.69, 9.17) is 9.52 Å². The molecule has 0 saturated heterocycles. The number of amides is 1. The number of aromatic carboxylic acids is 1. The van der Waals surface area contributed by atoms with Crippen LogP contribution in [0.3, 0.4) is 0 Å². The Morgan fingerprint density at radius 2 is 1.90 bits per heavy atom. The fourth-order valence-electron chi connectivity index (χ4n) is 1.84. The Labute approximate surface area is 123 Å². The lowest BCUT2D eigenvalue weighted by atomic mass is 10.2. The van der Waals surface area contributed by atoms with Crippen molar-refractivity contribution >= 4 is 33.5 Å². The second-order valence-electron chi connectivity index (χ2n) is 4.31. The van der Waals surface area contributed by atoms with Gasteiger partial charge in [-0.25, -0.2) is 4.79 Å². The zero-order valence-electron chi connectivity index (χ0n) is 10.9. The van der Waals surface area contributed by atoms with Crippen molar-refractivity contribution in [3.8, 4) is 0 Å². The summed E-state index contributed by atoms with van der Waals surface area (Å²) >= 11 is 3.21. The lowest BCUT2D eigenvalue weighted by Gasteiger charge is -2.06. The molecule has 0 aliphatic carbocycles. The van der Waals surface area contributed by atoms with Crippen LogP contribution in [0.5, 0.6) is 0 Å². The lowest BCUT2D eigenvalue weighted by molar-refractivity contribution is 0.0696. The molecular formula is C14H12BrNO4. The molecule has 0 unspecified atom stereocenters. The van der Waals surface area contributed by atoms with Gasteiger partial charge in [0.05, 0.1) is 11.1 Å². The van der Waals surface area contributed by atoms with E-state index in [0.717, 1.165) is 0 Å². The normalized spacial score (nSPS) is 10.3. The van der Waals surface area contributed by atoms with E-state index >= 15 is 0 Å². The minimum absolute atomic E-state index is 0.0924. The summed E-state index contributed by atoms with van der Waals surface area (Å²) in [7, 11) is 0. The Morgan fingerprint density at radius 3 is 2.45 bits per heavy atom. The molecule has 2 aromatic rings. The molecule has 1 heterocycles. The SMILES string of the molecule is Cc1cc(C(=O)Nc2cc(Br)cc(C(=O)O)c2)c(C)o1. The number of hydrogen-bond donors (Lipinski definition) is 2. The van der Waals surface area contributed by atoms with Crippen LogP contribution in [0, 0.1) is 13.8 Å². The first-order valence-corrected chi connectivity index (χ1v) is 6.58. The van der Waals surface area contributed by atoms with Gasteiger partial charge in [-0.2, -0.15) is 0 Å². The average molecular weight is 338 g/mol. The Balaban J connectivity index is 2.28. The summed E-state index contributed by atoms with van der Waals surface area (Å²) < 4.78 is 5.87. The number of rotatable bonds is 3. The average Bonchev–Trinajstić information content (AvgIpc) is 2.67. The Morgan fingerprint density at radius 1 is 1.20 bits per heavy atom. The molecule has 0 atom stereocenters. The number of furan rings is 1. The Bertz CT molecular complexity index is 690. The van der Waals surface area contributed by atoms with Crippen molar-refractivity contribution in [2.45, 2.75) is 13.8 Å². The van der Waals surface area contributed by atoms with Crippen molar-refractivity contribution in [1.82, 2.24) is 0 Å². The van der Waals surface area contributed by atoms with Crippen LogP contribution in [-0.4, -0.2) is 17.0 Å². The highest BCUT2D eigenvalue weighted by Crippen LogP contribution is 2.21. The summed E-state index contributed by atoms with van der Waals surface area (Å²) in [5, 5.41) is 11.6. The third-order valence-corrected chi connectivity index (χ3v) is 3.15. The molecule has 1 amide bonds. The minimum atomic E-state index is -1.06. The van der Waals surface area contributed by atoms with Crippen LogP contribution in [0.15, 0.2) is 33.2 Å². The first-order chi connectivity index (χ1) is 9.36. The second kappa shape index (κ2) is 5.50. The molecule has 2 N–H and O–H groups in total. The third-order valence-electron chi connectivity index (χ3n) is 2.69. The molecule has 0 aliphatic heterocycles. The molecule has 2 rings (SSSR count). The zero-order valence-corrected chi connectivity index (χ0v) is 12.4. The van der Waals surface area contributed by atoms with Crippen molar-refractivity contribution in [2.24, 2.45) is 0 Å². The number of carbonyl (C=O) groups excluding carboxylic acids is 1. The number of carboxylic acid groups (broad SMARTS) is 1. The summed E-state index contributed by atoms with van der Waals surface area (Å²) in [5.41, 5.74) is 0.925. The summed E-state index contributed by atoms with van der Waals surface area (Å²) in [5.74, 6) is -0.229. The largest absolute Gasteiger partial charge is 0.478 e. The number of anilines is 1. The lowest BCUT2D eigenvalue weighted by Crippen LogP contribution is -2.12. The summed E-state index contributed by atoms with van der Waals surface area (Å²) in [6.07, 6.45) is 0. The summed E-state index contributed by atoms with van der Waals surface area (Å²) in [4.78, 5) is 23.1. The predicted molar refractivity (Wildman–Crippen MR) is 77.2 cm³/mol. The summed E-state index contributed by atoms with van der Waals surface area (Å²) in [6.45, 7) is 3.46. The van der Waals surface area contributed by atoms with Crippen LogP contribution in [0.1, 0.15) is 32.2 Å². The minimum Gasteiger partial charge on any atom is -0.478 e. The highest BCUT2D eigenvalue weighted by Gasteiger charge is 2.15. The molecule has 20 heavy (non-hydrogen) atoms. The van der Waals surface area contributed by atoms with Crippen LogP contribution in [0.4, 0.5) is 5.69 Å². The molecule has 104 valence electrons. The fourth-order valence-corrected chi connectivity index (χ4v) is 2.33. The van der Waals surface area contributed by atoms with Crippen LogP contribution >= 0.6 is 15.9 Å². The Hall–Kier alpha value is -2.08. The Kier molecular flexibility index (Phi) is 3.94. The number of carbonyl (C=O) groups is 2. The number of aryl methyl sites for hydroxylation is 2. The van der Waals surface area contributed by atoms with Crippen molar-refractivity contribution in [2.75, 3.05) is 5.32 Å². The van der Waals surface area contributed by atoms with E-state index < -0.39 is 5.97 Å².